The SMILES string of the molecule is CC(C)(O)C(Cc1ccc(Cl)cc1)S(N)(=O)=O. The van der Waals surface area contributed by atoms with E-state index in [9.17, 15) is 13.5 Å². The minimum absolute atomic E-state index is 0.152. The Kier molecular flexibility index (Phi) is 4.19. The molecule has 0 heterocycles. The first-order chi connectivity index (χ1) is 7.60. The van der Waals surface area contributed by atoms with Crippen molar-refractivity contribution < 1.29 is 13.5 Å². The molecular weight excluding hydrogens is 262 g/mol. The van der Waals surface area contributed by atoms with E-state index < -0.39 is 20.9 Å². The fourth-order valence-electron chi connectivity index (χ4n) is 1.60. The first-order valence-corrected chi connectivity index (χ1v) is 7.08. The zero-order chi connectivity index (χ0) is 13.3. The molecule has 0 spiro atoms. The van der Waals surface area contributed by atoms with Crippen LogP contribution < -0.4 is 5.14 Å². The van der Waals surface area contributed by atoms with Gasteiger partial charge in [0, 0.05) is 5.02 Å². The summed E-state index contributed by atoms with van der Waals surface area (Å²) in [5.41, 5.74) is -0.636. The van der Waals surface area contributed by atoms with E-state index in [1.54, 1.807) is 24.3 Å². The molecule has 1 unspecified atom stereocenters. The molecule has 0 aliphatic rings. The molecule has 0 aromatic heterocycles. The van der Waals surface area contributed by atoms with Crippen molar-refractivity contribution in [2.75, 3.05) is 0 Å². The molecule has 1 aromatic rings. The summed E-state index contributed by atoms with van der Waals surface area (Å²) in [4.78, 5) is 0. The average Bonchev–Trinajstić information content (AvgIpc) is 2.13. The third kappa shape index (κ3) is 4.27. The maximum atomic E-state index is 11.4. The fourth-order valence-corrected chi connectivity index (χ4v) is 2.96. The van der Waals surface area contributed by atoms with Gasteiger partial charge in [-0.2, -0.15) is 0 Å². The fraction of sp³-hybridized carbons (Fsp3) is 0.455. The van der Waals surface area contributed by atoms with Gasteiger partial charge in [-0.05, 0) is 38.0 Å². The highest BCUT2D eigenvalue weighted by Gasteiger charge is 2.35. The van der Waals surface area contributed by atoms with Gasteiger partial charge < -0.3 is 5.11 Å². The summed E-state index contributed by atoms with van der Waals surface area (Å²) >= 11 is 5.74. The maximum absolute atomic E-state index is 11.4. The van der Waals surface area contributed by atoms with E-state index in [-0.39, 0.29) is 6.42 Å². The van der Waals surface area contributed by atoms with Crippen LogP contribution in [0, 0.1) is 0 Å². The van der Waals surface area contributed by atoms with Gasteiger partial charge in [-0.3, -0.25) is 0 Å². The monoisotopic (exact) mass is 277 g/mol. The topological polar surface area (TPSA) is 80.4 Å². The third-order valence-corrected chi connectivity index (χ3v) is 4.31. The zero-order valence-corrected chi connectivity index (χ0v) is 11.3. The predicted octanol–water partition coefficient (Wildman–Crippen LogP) is 1.31. The first kappa shape index (κ1) is 14.4. The van der Waals surface area contributed by atoms with Crippen LogP contribution in [-0.2, 0) is 16.4 Å². The number of primary sulfonamides is 1. The van der Waals surface area contributed by atoms with Gasteiger partial charge in [0.05, 0.1) is 5.60 Å². The molecule has 0 amide bonds. The van der Waals surface area contributed by atoms with E-state index in [1.165, 1.54) is 13.8 Å². The lowest BCUT2D eigenvalue weighted by Gasteiger charge is -2.27. The van der Waals surface area contributed by atoms with Gasteiger partial charge in [0.1, 0.15) is 5.25 Å². The van der Waals surface area contributed by atoms with Crippen LogP contribution in [0.15, 0.2) is 24.3 Å². The summed E-state index contributed by atoms with van der Waals surface area (Å²) in [5, 5.41) is 14.5. The molecule has 0 aliphatic carbocycles. The number of nitrogens with two attached hydrogens (primary N) is 1. The van der Waals surface area contributed by atoms with Crippen molar-refractivity contribution in [3.8, 4) is 0 Å². The summed E-state index contributed by atoms with van der Waals surface area (Å²) in [6.45, 7) is 2.86. The van der Waals surface area contributed by atoms with Crippen molar-refractivity contribution in [2.45, 2.75) is 31.1 Å². The molecule has 1 rings (SSSR count). The van der Waals surface area contributed by atoms with E-state index in [2.05, 4.69) is 0 Å². The molecule has 0 saturated carbocycles. The highest BCUT2D eigenvalue weighted by molar-refractivity contribution is 7.89. The minimum atomic E-state index is -3.81. The molecule has 0 saturated heterocycles. The van der Waals surface area contributed by atoms with Gasteiger partial charge in [0.2, 0.25) is 10.0 Å². The van der Waals surface area contributed by atoms with Crippen LogP contribution in [0.4, 0.5) is 0 Å². The van der Waals surface area contributed by atoms with Crippen LogP contribution in [0.5, 0.6) is 0 Å². The molecule has 0 bridgehead atoms. The quantitative estimate of drug-likeness (QED) is 0.871. The smallest absolute Gasteiger partial charge is 0.215 e. The van der Waals surface area contributed by atoms with E-state index in [1.807, 2.05) is 0 Å². The normalized spacial score (nSPS) is 14.6. The van der Waals surface area contributed by atoms with E-state index in [0.29, 0.717) is 5.02 Å². The molecule has 0 fully saturated rings. The lowest BCUT2D eigenvalue weighted by atomic mass is 9.98. The molecule has 0 aliphatic heterocycles. The van der Waals surface area contributed by atoms with Gasteiger partial charge >= 0.3 is 0 Å². The van der Waals surface area contributed by atoms with Crippen LogP contribution in [0.1, 0.15) is 19.4 Å². The molecule has 3 N–H and O–H groups in total. The average molecular weight is 278 g/mol. The predicted molar refractivity (Wildman–Crippen MR) is 68.3 cm³/mol. The van der Waals surface area contributed by atoms with Crippen molar-refractivity contribution in [2.24, 2.45) is 5.14 Å². The van der Waals surface area contributed by atoms with Gasteiger partial charge in [0.15, 0.2) is 0 Å². The van der Waals surface area contributed by atoms with E-state index >= 15 is 0 Å². The van der Waals surface area contributed by atoms with Crippen molar-refractivity contribution in [1.82, 2.24) is 0 Å². The molecular formula is C11H16ClNO3S. The third-order valence-electron chi connectivity index (χ3n) is 2.52. The van der Waals surface area contributed by atoms with Gasteiger partial charge in [-0.1, -0.05) is 23.7 Å². The molecule has 1 atom stereocenters. The Morgan fingerprint density at radius 3 is 2.18 bits per heavy atom. The molecule has 17 heavy (non-hydrogen) atoms. The molecule has 96 valence electrons. The molecule has 6 heteroatoms. The standard InChI is InChI=1S/C11H16ClNO3S/c1-11(2,14)10(17(13,15)16)7-8-3-5-9(12)6-4-8/h3-6,10,14H,7H2,1-2H3,(H2,13,15,16). The van der Waals surface area contributed by atoms with Crippen LogP contribution in [0.3, 0.4) is 0 Å². The Bertz CT molecular complexity index is 476. The number of aliphatic hydroxyl groups is 1. The highest BCUT2D eigenvalue weighted by atomic mass is 35.5. The number of benzene rings is 1. The Balaban J connectivity index is 3.00. The van der Waals surface area contributed by atoms with Crippen molar-refractivity contribution >= 4 is 21.6 Å². The lowest BCUT2D eigenvalue weighted by Crippen LogP contribution is -2.46. The van der Waals surface area contributed by atoms with Gasteiger partial charge in [-0.25, -0.2) is 13.6 Å². The van der Waals surface area contributed by atoms with Gasteiger partial charge in [-0.15, -0.1) is 0 Å². The first-order valence-electron chi connectivity index (χ1n) is 5.09. The van der Waals surface area contributed by atoms with Crippen LogP contribution >= 0.6 is 11.6 Å². The summed E-state index contributed by atoms with van der Waals surface area (Å²) in [7, 11) is -3.81. The minimum Gasteiger partial charge on any atom is -0.389 e. The molecule has 0 radical (unpaired) electrons. The van der Waals surface area contributed by atoms with E-state index in [0.717, 1.165) is 5.56 Å². The number of hydrogen-bond donors (Lipinski definition) is 2. The van der Waals surface area contributed by atoms with Crippen LogP contribution in [0.2, 0.25) is 5.02 Å². The summed E-state index contributed by atoms with van der Waals surface area (Å²) < 4.78 is 22.9. The van der Waals surface area contributed by atoms with Crippen molar-refractivity contribution in [3.05, 3.63) is 34.9 Å². The summed E-state index contributed by atoms with van der Waals surface area (Å²) in [6.07, 6.45) is 0.152. The van der Waals surface area contributed by atoms with E-state index in [4.69, 9.17) is 16.7 Å². The molecule has 4 nitrogen and oxygen atoms in total. The Morgan fingerprint density at radius 2 is 1.82 bits per heavy atom. The van der Waals surface area contributed by atoms with Gasteiger partial charge in [0.25, 0.3) is 0 Å². The zero-order valence-electron chi connectivity index (χ0n) is 9.72. The second-order valence-electron chi connectivity index (χ2n) is 4.56. The molecule has 1 aromatic carbocycles. The number of halogens is 1. The van der Waals surface area contributed by atoms with Crippen LogP contribution in [-0.4, -0.2) is 24.4 Å². The summed E-state index contributed by atoms with van der Waals surface area (Å²) in [5.74, 6) is 0. The lowest BCUT2D eigenvalue weighted by molar-refractivity contribution is 0.0748. The second kappa shape index (κ2) is 4.94. The Morgan fingerprint density at radius 1 is 1.35 bits per heavy atom. The largest absolute Gasteiger partial charge is 0.389 e. The summed E-state index contributed by atoms with van der Waals surface area (Å²) in [6, 6.07) is 6.77. The van der Waals surface area contributed by atoms with Crippen LogP contribution in [0.25, 0.3) is 0 Å². The number of rotatable bonds is 4. The Hall–Kier alpha value is -0.620. The van der Waals surface area contributed by atoms with Crippen molar-refractivity contribution in [3.63, 3.8) is 0 Å². The maximum Gasteiger partial charge on any atom is 0.215 e. The highest BCUT2D eigenvalue weighted by Crippen LogP contribution is 2.21. The van der Waals surface area contributed by atoms with Crippen molar-refractivity contribution in [1.29, 1.82) is 0 Å². The second-order valence-corrected chi connectivity index (χ2v) is 6.75. The Labute approximate surface area is 106 Å². The number of sulfonamides is 1. The number of hydrogen-bond acceptors (Lipinski definition) is 3.